The summed E-state index contributed by atoms with van der Waals surface area (Å²) in [4.78, 5) is 0. The Balaban J connectivity index is 2.13. The largest absolute Gasteiger partial charge is 0.325 e. The van der Waals surface area contributed by atoms with E-state index >= 15 is 0 Å². The first-order chi connectivity index (χ1) is 7.50. The molecule has 16 heavy (non-hydrogen) atoms. The zero-order valence-electron chi connectivity index (χ0n) is 8.85. The third kappa shape index (κ3) is 2.71. The standard InChI is InChI=1S/C12H14ClF2N/c13-9-1-2-10(11(14)15)8(7-9)3-4-12(16)5-6-12/h1-2,7,11H,3-6,16H2. The fourth-order valence-corrected chi connectivity index (χ4v) is 1.99. The van der Waals surface area contributed by atoms with E-state index in [2.05, 4.69) is 0 Å². The Morgan fingerprint density at radius 3 is 2.62 bits per heavy atom. The van der Waals surface area contributed by atoms with Gasteiger partial charge in [-0.05, 0) is 43.4 Å². The van der Waals surface area contributed by atoms with Gasteiger partial charge in [0.25, 0.3) is 6.43 Å². The number of alkyl halides is 2. The number of hydrogen-bond donors (Lipinski definition) is 1. The quantitative estimate of drug-likeness (QED) is 0.860. The lowest BCUT2D eigenvalue weighted by Gasteiger charge is -2.12. The average molecular weight is 246 g/mol. The molecule has 1 nitrogen and oxygen atoms in total. The molecule has 2 N–H and O–H groups in total. The van der Waals surface area contributed by atoms with Gasteiger partial charge in [0.05, 0.1) is 0 Å². The minimum Gasteiger partial charge on any atom is -0.325 e. The van der Waals surface area contributed by atoms with E-state index in [0.29, 0.717) is 17.0 Å². The van der Waals surface area contributed by atoms with Crippen LogP contribution in [0, 0.1) is 0 Å². The Kier molecular flexibility index (Phi) is 3.17. The highest BCUT2D eigenvalue weighted by molar-refractivity contribution is 6.30. The number of rotatable bonds is 4. The predicted molar refractivity (Wildman–Crippen MR) is 60.9 cm³/mol. The van der Waals surface area contributed by atoms with Gasteiger partial charge in [-0.2, -0.15) is 0 Å². The van der Waals surface area contributed by atoms with Crippen LogP contribution in [0.5, 0.6) is 0 Å². The average Bonchev–Trinajstić information content (AvgIpc) is 2.94. The summed E-state index contributed by atoms with van der Waals surface area (Å²) in [5.41, 5.74) is 6.53. The molecule has 4 heteroatoms. The van der Waals surface area contributed by atoms with Gasteiger partial charge in [0.1, 0.15) is 0 Å². The second-order valence-electron chi connectivity index (χ2n) is 4.51. The summed E-state index contributed by atoms with van der Waals surface area (Å²) in [6.45, 7) is 0. The fourth-order valence-electron chi connectivity index (χ4n) is 1.80. The fraction of sp³-hybridized carbons (Fsp3) is 0.500. The molecular formula is C12H14ClF2N. The first kappa shape index (κ1) is 11.8. The first-order valence-electron chi connectivity index (χ1n) is 5.36. The molecule has 0 amide bonds. The van der Waals surface area contributed by atoms with Crippen LogP contribution in [-0.4, -0.2) is 5.54 Å². The first-order valence-corrected chi connectivity index (χ1v) is 5.73. The lowest BCUT2D eigenvalue weighted by Crippen LogP contribution is -2.22. The van der Waals surface area contributed by atoms with Crippen molar-refractivity contribution in [2.24, 2.45) is 5.73 Å². The van der Waals surface area contributed by atoms with Crippen molar-refractivity contribution in [2.45, 2.75) is 37.6 Å². The summed E-state index contributed by atoms with van der Waals surface area (Å²) in [5, 5.41) is 0.501. The molecule has 2 rings (SSSR count). The van der Waals surface area contributed by atoms with E-state index in [9.17, 15) is 8.78 Å². The second-order valence-corrected chi connectivity index (χ2v) is 4.94. The molecule has 0 atom stereocenters. The molecule has 0 aromatic heterocycles. The lowest BCUT2D eigenvalue weighted by atomic mass is 9.99. The molecule has 1 aliphatic carbocycles. The van der Waals surface area contributed by atoms with E-state index in [0.717, 1.165) is 19.3 Å². The van der Waals surface area contributed by atoms with Crippen molar-refractivity contribution in [2.75, 3.05) is 0 Å². The van der Waals surface area contributed by atoms with Gasteiger partial charge < -0.3 is 5.73 Å². The maximum Gasteiger partial charge on any atom is 0.264 e. The Morgan fingerprint density at radius 1 is 1.38 bits per heavy atom. The highest BCUT2D eigenvalue weighted by Crippen LogP contribution is 2.37. The van der Waals surface area contributed by atoms with Crippen molar-refractivity contribution in [3.05, 3.63) is 34.3 Å². The van der Waals surface area contributed by atoms with Crippen LogP contribution in [0.25, 0.3) is 0 Å². The normalized spacial score (nSPS) is 17.8. The summed E-state index contributed by atoms with van der Waals surface area (Å²) >= 11 is 5.81. The number of nitrogens with two attached hydrogens (primary N) is 1. The third-order valence-corrected chi connectivity index (χ3v) is 3.36. The van der Waals surface area contributed by atoms with Gasteiger partial charge in [-0.25, -0.2) is 8.78 Å². The van der Waals surface area contributed by atoms with Crippen molar-refractivity contribution in [3.63, 3.8) is 0 Å². The van der Waals surface area contributed by atoms with Gasteiger partial charge in [-0.15, -0.1) is 0 Å². The van der Waals surface area contributed by atoms with Crippen LogP contribution in [0.2, 0.25) is 5.02 Å². The van der Waals surface area contributed by atoms with E-state index in [1.165, 1.54) is 12.1 Å². The Morgan fingerprint density at radius 2 is 2.06 bits per heavy atom. The van der Waals surface area contributed by atoms with Gasteiger partial charge in [0, 0.05) is 16.1 Å². The monoisotopic (exact) mass is 245 g/mol. The van der Waals surface area contributed by atoms with Crippen molar-refractivity contribution >= 4 is 11.6 Å². The van der Waals surface area contributed by atoms with Crippen LogP contribution in [0.4, 0.5) is 8.78 Å². The Hall–Kier alpha value is -0.670. The summed E-state index contributed by atoms with van der Waals surface area (Å²) in [7, 11) is 0. The van der Waals surface area contributed by atoms with Gasteiger partial charge in [0.15, 0.2) is 0 Å². The molecule has 0 aliphatic heterocycles. The molecule has 1 saturated carbocycles. The highest BCUT2D eigenvalue weighted by Gasteiger charge is 2.37. The summed E-state index contributed by atoms with van der Waals surface area (Å²) in [6.07, 6.45) is 0.888. The Labute approximate surface area is 98.6 Å². The number of aryl methyl sites for hydroxylation is 1. The molecule has 1 fully saturated rings. The second kappa shape index (κ2) is 4.30. The molecule has 1 aromatic carbocycles. The van der Waals surface area contributed by atoms with Crippen LogP contribution >= 0.6 is 11.6 Å². The smallest absolute Gasteiger partial charge is 0.264 e. The zero-order valence-corrected chi connectivity index (χ0v) is 9.61. The summed E-state index contributed by atoms with van der Waals surface area (Å²) in [6, 6.07) is 4.52. The van der Waals surface area contributed by atoms with Crippen molar-refractivity contribution in [3.8, 4) is 0 Å². The van der Waals surface area contributed by atoms with E-state index in [-0.39, 0.29) is 11.1 Å². The van der Waals surface area contributed by atoms with Gasteiger partial charge >= 0.3 is 0 Å². The number of hydrogen-bond acceptors (Lipinski definition) is 1. The molecule has 0 radical (unpaired) electrons. The predicted octanol–water partition coefficient (Wildman–Crippen LogP) is 3.70. The minimum atomic E-state index is -2.44. The van der Waals surface area contributed by atoms with E-state index in [4.69, 9.17) is 17.3 Å². The molecule has 0 heterocycles. The van der Waals surface area contributed by atoms with Crippen molar-refractivity contribution in [1.29, 1.82) is 0 Å². The Bertz CT molecular complexity index is 389. The van der Waals surface area contributed by atoms with E-state index in [1.54, 1.807) is 6.07 Å². The van der Waals surface area contributed by atoms with Gasteiger partial charge in [0.2, 0.25) is 0 Å². The molecule has 88 valence electrons. The SMILES string of the molecule is NC1(CCc2cc(Cl)ccc2C(F)F)CC1. The minimum absolute atomic E-state index is 0.0775. The molecule has 0 saturated heterocycles. The highest BCUT2D eigenvalue weighted by atomic mass is 35.5. The van der Waals surface area contributed by atoms with Gasteiger partial charge in [-0.1, -0.05) is 17.7 Å². The molecule has 0 spiro atoms. The van der Waals surface area contributed by atoms with E-state index < -0.39 is 6.43 Å². The molecule has 0 bridgehead atoms. The molecule has 1 aromatic rings. The lowest BCUT2D eigenvalue weighted by molar-refractivity contribution is 0.150. The van der Waals surface area contributed by atoms with Crippen molar-refractivity contribution in [1.82, 2.24) is 0 Å². The molecule has 0 unspecified atom stereocenters. The summed E-state index contributed by atoms with van der Waals surface area (Å²) in [5.74, 6) is 0. The molecule has 1 aliphatic rings. The van der Waals surface area contributed by atoms with Crippen LogP contribution in [0.1, 0.15) is 36.8 Å². The van der Waals surface area contributed by atoms with Crippen LogP contribution < -0.4 is 5.73 Å². The van der Waals surface area contributed by atoms with Crippen molar-refractivity contribution < 1.29 is 8.78 Å². The number of benzene rings is 1. The van der Waals surface area contributed by atoms with E-state index in [1.807, 2.05) is 0 Å². The van der Waals surface area contributed by atoms with Gasteiger partial charge in [-0.3, -0.25) is 0 Å². The number of halogens is 3. The van der Waals surface area contributed by atoms with Crippen LogP contribution in [0.3, 0.4) is 0 Å². The maximum absolute atomic E-state index is 12.7. The van der Waals surface area contributed by atoms with Crippen LogP contribution in [-0.2, 0) is 6.42 Å². The third-order valence-electron chi connectivity index (χ3n) is 3.12. The van der Waals surface area contributed by atoms with Crippen LogP contribution in [0.15, 0.2) is 18.2 Å². The zero-order chi connectivity index (χ0) is 11.8. The summed E-state index contributed by atoms with van der Waals surface area (Å²) < 4.78 is 25.4. The molecular weight excluding hydrogens is 232 g/mol. The topological polar surface area (TPSA) is 26.0 Å². The maximum atomic E-state index is 12.7.